The van der Waals surface area contributed by atoms with Crippen molar-refractivity contribution in [1.29, 1.82) is 0 Å². The van der Waals surface area contributed by atoms with Crippen LogP contribution in [0.4, 0.5) is 0 Å². The summed E-state index contributed by atoms with van der Waals surface area (Å²) in [6, 6.07) is 0. The molecule has 0 saturated heterocycles. The van der Waals surface area contributed by atoms with Crippen molar-refractivity contribution in [1.82, 2.24) is 0 Å². The van der Waals surface area contributed by atoms with E-state index < -0.39 is 18.1 Å². The van der Waals surface area contributed by atoms with Gasteiger partial charge in [-0.05, 0) is 0 Å². The molecule has 8 nitrogen and oxygen atoms in total. The molecule has 0 aliphatic heterocycles. The van der Waals surface area contributed by atoms with Gasteiger partial charge in [-0.15, -0.1) is 0 Å². The van der Waals surface area contributed by atoms with Gasteiger partial charge in [0.2, 0.25) is 0 Å². The van der Waals surface area contributed by atoms with Crippen molar-refractivity contribution < 1.29 is 38.4 Å². The Labute approximate surface area is 143 Å². The minimum absolute atomic E-state index is 0. The van der Waals surface area contributed by atoms with Crippen molar-refractivity contribution >= 4 is 107 Å². The maximum atomic E-state index is 7.33. The van der Waals surface area contributed by atoms with E-state index >= 15 is 0 Å². The molecule has 0 radical (unpaired) electrons. The van der Waals surface area contributed by atoms with E-state index in [4.69, 9.17) is 38.4 Å². The first-order valence-electron chi connectivity index (χ1n) is 1.79. The molecular weight excluding hydrogens is 253 g/mol. The fraction of sp³-hybridized carbons (Fsp3) is 0. The second kappa shape index (κ2) is 13.2. The Morgan fingerprint density at radius 3 is 0.385 bits per heavy atom. The Morgan fingerprint density at radius 2 is 0.385 bits per heavy atom. The quantitative estimate of drug-likeness (QED) is 0.200. The molecule has 0 aromatic carbocycles. The molecule has 0 fully saturated rings. The van der Waals surface area contributed by atoms with Gasteiger partial charge in [0.15, 0.2) is 0 Å². The molecule has 8 N–H and O–H groups in total. The van der Waals surface area contributed by atoms with Crippen LogP contribution < -0.4 is 0 Å². The van der Waals surface area contributed by atoms with Crippen LogP contribution in [0.3, 0.4) is 0 Å². The Bertz CT molecular complexity index is 60.4. The number of hydrogen-bond acceptors (Lipinski definition) is 8. The van der Waals surface area contributed by atoms with Crippen molar-refractivity contribution in [3.63, 3.8) is 0 Å². The summed E-state index contributed by atoms with van der Waals surface area (Å²) in [6.07, 6.45) is 0. The molecule has 0 aliphatic rings. The third-order valence-electron chi connectivity index (χ3n) is 0. The van der Waals surface area contributed by atoms with Crippen molar-refractivity contribution in [3.8, 4) is 0 Å². The van der Waals surface area contributed by atoms with Gasteiger partial charge in [0.25, 0.3) is 0 Å². The Balaban J connectivity index is -0.0000000267. The summed E-state index contributed by atoms with van der Waals surface area (Å²) >= 11 is 0. The summed E-state index contributed by atoms with van der Waals surface area (Å²) in [5.41, 5.74) is 0. The monoisotopic (exact) mass is 264 g/mol. The summed E-state index contributed by atoms with van der Waals surface area (Å²) in [6.45, 7) is 0. The zero-order valence-corrected chi connectivity index (χ0v) is 6.58. The molecular formula is H11Na3O8Si2. The van der Waals surface area contributed by atoms with Gasteiger partial charge in [0, 0.05) is 0 Å². The molecule has 0 amide bonds. The van der Waals surface area contributed by atoms with E-state index in [1.807, 2.05) is 0 Å². The molecule has 0 rings (SSSR count). The van der Waals surface area contributed by atoms with Crippen LogP contribution in [-0.4, -0.2) is 145 Å². The molecule has 0 aromatic rings. The molecule has 0 heterocycles. The van der Waals surface area contributed by atoms with Gasteiger partial charge in [-0.2, -0.15) is 0 Å². The van der Waals surface area contributed by atoms with Crippen molar-refractivity contribution in [2.24, 2.45) is 0 Å². The Kier molecular flexibility index (Phi) is 30.2. The molecule has 70 valence electrons. The molecule has 0 atom stereocenters. The SMILES string of the molecule is O[Si](O)(O)O.O[Si](O)(O)O.[NaH].[NaH].[NaH]. The summed E-state index contributed by atoms with van der Waals surface area (Å²) < 4.78 is 0. The van der Waals surface area contributed by atoms with Crippen LogP contribution in [0.25, 0.3) is 0 Å². The first kappa shape index (κ1) is 29.8. The normalized spacial score (nSPS) is 9.23. The molecule has 0 unspecified atom stereocenters. The molecule has 13 heavy (non-hydrogen) atoms. The van der Waals surface area contributed by atoms with Gasteiger partial charge in [-0.25, -0.2) is 0 Å². The van der Waals surface area contributed by atoms with Crippen LogP contribution in [-0.2, 0) is 0 Å². The third kappa shape index (κ3) is 268. The van der Waals surface area contributed by atoms with Crippen LogP contribution in [0.5, 0.6) is 0 Å². The first-order valence-corrected chi connectivity index (χ1v) is 5.37. The summed E-state index contributed by atoms with van der Waals surface area (Å²) in [5, 5.41) is 0. The van der Waals surface area contributed by atoms with E-state index in [1.165, 1.54) is 0 Å². The van der Waals surface area contributed by atoms with Crippen molar-refractivity contribution in [2.45, 2.75) is 0 Å². The van der Waals surface area contributed by atoms with Crippen LogP contribution in [0.1, 0.15) is 0 Å². The van der Waals surface area contributed by atoms with Gasteiger partial charge >= 0.3 is 107 Å². The van der Waals surface area contributed by atoms with Crippen molar-refractivity contribution in [3.05, 3.63) is 0 Å². The average molecular weight is 264 g/mol. The van der Waals surface area contributed by atoms with E-state index in [9.17, 15) is 0 Å². The van der Waals surface area contributed by atoms with Crippen LogP contribution in [0, 0.1) is 0 Å². The fourth-order valence-electron chi connectivity index (χ4n) is 0. The van der Waals surface area contributed by atoms with Crippen LogP contribution in [0.2, 0.25) is 0 Å². The zero-order valence-electron chi connectivity index (χ0n) is 4.58. The predicted octanol–water partition coefficient (Wildman–Crippen LogP) is -7.16. The molecule has 0 aliphatic carbocycles. The number of rotatable bonds is 0. The molecule has 0 saturated carbocycles. The van der Waals surface area contributed by atoms with E-state index in [1.54, 1.807) is 0 Å². The molecule has 13 heteroatoms. The first-order chi connectivity index (χ1) is 4.00. The van der Waals surface area contributed by atoms with Gasteiger partial charge in [0.05, 0.1) is 0 Å². The summed E-state index contributed by atoms with van der Waals surface area (Å²) in [4.78, 5) is 58.6. The zero-order chi connectivity index (χ0) is 9.00. The van der Waals surface area contributed by atoms with Gasteiger partial charge in [-0.1, -0.05) is 0 Å². The molecule has 0 spiro atoms. The molecule has 0 aromatic heterocycles. The fourth-order valence-corrected chi connectivity index (χ4v) is 0. The van der Waals surface area contributed by atoms with E-state index in [-0.39, 0.29) is 88.7 Å². The minimum atomic E-state index is -4.61. The third-order valence-corrected chi connectivity index (χ3v) is 0. The summed E-state index contributed by atoms with van der Waals surface area (Å²) in [5.74, 6) is 0. The van der Waals surface area contributed by atoms with E-state index in [0.29, 0.717) is 0 Å². The Hall–Kier alpha value is 3.11. The maximum absolute atomic E-state index is 7.33. The topological polar surface area (TPSA) is 162 Å². The van der Waals surface area contributed by atoms with Gasteiger partial charge < -0.3 is 38.4 Å². The van der Waals surface area contributed by atoms with Crippen LogP contribution >= 0.6 is 0 Å². The van der Waals surface area contributed by atoms with Crippen molar-refractivity contribution in [2.75, 3.05) is 0 Å². The van der Waals surface area contributed by atoms with Crippen LogP contribution in [0.15, 0.2) is 0 Å². The predicted molar refractivity (Wildman–Crippen MR) is 50.7 cm³/mol. The standard InChI is InChI=1S/3Na.2H4O4Si.3H/c;;;2*1-5(2,3)4;;;/h;;;2*1-4H;;;. The van der Waals surface area contributed by atoms with E-state index in [2.05, 4.69) is 0 Å². The van der Waals surface area contributed by atoms with Gasteiger partial charge in [-0.3, -0.25) is 0 Å². The second-order valence-electron chi connectivity index (χ2n) is 1.20. The second-order valence-corrected chi connectivity index (χ2v) is 3.60. The average Bonchev–Trinajstić information content (AvgIpc) is 1.12. The summed E-state index contributed by atoms with van der Waals surface area (Å²) in [7, 11) is -9.22. The van der Waals surface area contributed by atoms with E-state index in [0.717, 1.165) is 0 Å². The Morgan fingerprint density at radius 1 is 0.385 bits per heavy atom. The van der Waals surface area contributed by atoms with Gasteiger partial charge in [0.1, 0.15) is 0 Å². The number of hydrogen-bond donors (Lipinski definition) is 8. The molecule has 0 bridgehead atoms.